The lowest BCUT2D eigenvalue weighted by Gasteiger charge is -2.20. The van der Waals surface area contributed by atoms with Gasteiger partial charge in [-0.15, -0.1) is 0 Å². The van der Waals surface area contributed by atoms with E-state index in [1.54, 1.807) is 19.5 Å². The van der Waals surface area contributed by atoms with E-state index in [1.807, 2.05) is 68.3 Å². The molecule has 0 spiro atoms. The Kier molecular flexibility index (Phi) is 6.93. The Morgan fingerprint density at radius 2 is 1.94 bits per heavy atom. The number of hydrogen-bond donors (Lipinski definition) is 2. The lowest BCUT2D eigenvalue weighted by atomic mass is 10.1. The summed E-state index contributed by atoms with van der Waals surface area (Å²) in [6, 6.07) is 13.6. The molecule has 0 atom stereocenters. The van der Waals surface area contributed by atoms with Gasteiger partial charge in [-0.25, -0.2) is 9.97 Å². The van der Waals surface area contributed by atoms with E-state index < -0.39 is 0 Å². The predicted molar refractivity (Wildman–Crippen MR) is 130 cm³/mol. The molecule has 34 heavy (non-hydrogen) atoms. The summed E-state index contributed by atoms with van der Waals surface area (Å²) in [5, 5.41) is 6.11. The zero-order valence-corrected chi connectivity index (χ0v) is 19.5. The molecule has 4 rings (SSSR count). The number of methoxy groups -OCH3 is 1. The van der Waals surface area contributed by atoms with E-state index in [2.05, 4.69) is 20.6 Å². The molecular weight excluding hydrogens is 434 g/mol. The molecule has 1 amide bonds. The Morgan fingerprint density at radius 3 is 2.68 bits per heavy atom. The van der Waals surface area contributed by atoms with Gasteiger partial charge in [-0.2, -0.15) is 0 Å². The number of nitrogens with one attached hydrogen (secondary N) is 2. The average molecular weight is 462 g/mol. The second kappa shape index (κ2) is 10.2. The molecule has 0 saturated carbocycles. The van der Waals surface area contributed by atoms with Crippen molar-refractivity contribution in [3.8, 4) is 28.4 Å². The number of carbonyl (C=O) groups is 1. The molecule has 2 heterocycles. The van der Waals surface area contributed by atoms with Gasteiger partial charge < -0.3 is 24.2 Å². The zero-order chi connectivity index (χ0) is 24.1. The highest BCUT2D eigenvalue weighted by molar-refractivity contribution is 5.96. The molecule has 0 bridgehead atoms. The quantitative estimate of drug-likeness (QED) is 0.358. The van der Waals surface area contributed by atoms with Crippen LogP contribution in [0, 0.1) is 0 Å². The third-order valence-corrected chi connectivity index (χ3v) is 5.40. The third kappa shape index (κ3) is 5.26. The number of nitrogens with zero attached hydrogens (tertiary/aromatic N) is 3. The van der Waals surface area contributed by atoms with Gasteiger partial charge in [0.05, 0.1) is 37.3 Å². The van der Waals surface area contributed by atoms with Gasteiger partial charge >= 0.3 is 0 Å². The number of amides is 1. The topological polar surface area (TPSA) is 106 Å². The SMILES string of the molecule is COc1cc(Nc2ncc(-c3ccccc3NC(=O)CN(C)C(C)C)o2)ccc1-c1cnco1. The molecule has 2 aromatic carbocycles. The molecule has 0 fully saturated rings. The Labute approximate surface area is 197 Å². The van der Waals surface area contributed by atoms with E-state index >= 15 is 0 Å². The van der Waals surface area contributed by atoms with Crippen molar-refractivity contribution in [1.29, 1.82) is 0 Å². The molecule has 0 aliphatic heterocycles. The van der Waals surface area contributed by atoms with Crippen molar-refractivity contribution in [3.05, 3.63) is 61.3 Å². The van der Waals surface area contributed by atoms with Gasteiger partial charge in [-0.05, 0) is 45.2 Å². The standard InChI is InChI=1S/C25H27N5O4/c1-16(2)30(3)14-24(31)29-20-8-6-5-7-18(20)23-13-27-25(34-23)28-17-9-10-19(21(11-17)32-4)22-12-26-15-33-22/h5-13,15-16H,14H2,1-4H3,(H,27,28)(H,29,31). The minimum absolute atomic E-state index is 0.0968. The number of hydrogen-bond acceptors (Lipinski definition) is 8. The molecule has 0 aliphatic rings. The highest BCUT2D eigenvalue weighted by Gasteiger charge is 2.16. The minimum atomic E-state index is -0.0968. The molecule has 0 radical (unpaired) electrons. The smallest absolute Gasteiger partial charge is 0.299 e. The number of rotatable bonds is 9. The highest BCUT2D eigenvalue weighted by Crippen LogP contribution is 2.34. The largest absolute Gasteiger partial charge is 0.496 e. The van der Waals surface area contributed by atoms with Crippen molar-refractivity contribution in [2.45, 2.75) is 19.9 Å². The first kappa shape index (κ1) is 23.1. The first-order valence-electron chi connectivity index (χ1n) is 10.8. The molecule has 176 valence electrons. The number of likely N-dealkylation sites (N-methyl/N-ethyl adjacent to an activating group) is 1. The first-order chi connectivity index (χ1) is 16.4. The normalized spacial score (nSPS) is 11.1. The van der Waals surface area contributed by atoms with Crippen LogP contribution in [0.25, 0.3) is 22.6 Å². The summed E-state index contributed by atoms with van der Waals surface area (Å²) in [4.78, 5) is 22.8. The fourth-order valence-corrected chi connectivity index (χ4v) is 3.31. The Balaban J connectivity index is 1.51. The maximum absolute atomic E-state index is 12.5. The van der Waals surface area contributed by atoms with Gasteiger partial charge in [0.15, 0.2) is 17.9 Å². The minimum Gasteiger partial charge on any atom is -0.496 e. The van der Waals surface area contributed by atoms with Crippen LogP contribution in [-0.4, -0.2) is 47.5 Å². The van der Waals surface area contributed by atoms with E-state index in [9.17, 15) is 4.79 Å². The third-order valence-electron chi connectivity index (χ3n) is 5.40. The van der Waals surface area contributed by atoms with Crippen molar-refractivity contribution in [2.75, 3.05) is 31.3 Å². The van der Waals surface area contributed by atoms with Crippen LogP contribution in [0.3, 0.4) is 0 Å². The number of benzene rings is 2. The molecule has 9 nitrogen and oxygen atoms in total. The number of anilines is 3. The van der Waals surface area contributed by atoms with Crippen molar-refractivity contribution >= 4 is 23.3 Å². The van der Waals surface area contributed by atoms with E-state index in [0.29, 0.717) is 35.5 Å². The molecule has 0 unspecified atom stereocenters. The van der Waals surface area contributed by atoms with Gasteiger partial charge in [0, 0.05) is 23.4 Å². The predicted octanol–water partition coefficient (Wildman–Crippen LogP) is 5.03. The molecular formula is C25H27N5O4. The van der Waals surface area contributed by atoms with Gasteiger partial charge in [0.2, 0.25) is 5.91 Å². The molecule has 4 aromatic rings. The van der Waals surface area contributed by atoms with Crippen LogP contribution >= 0.6 is 0 Å². The van der Waals surface area contributed by atoms with Crippen LogP contribution in [0.1, 0.15) is 13.8 Å². The molecule has 9 heteroatoms. The fourth-order valence-electron chi connectivity index (χ4n) is 3.31. The van der Waals surface area contributed by atoms with Crippen molar-refractivity contribution in [2.24, 2.45) is 0 Å². The van der Waals surface area contributed by atoms with E-state index in [4.69, 9.17) is 13.6 Å². The summed E-state index contributed by atoms with van der Waals surface area (Å²) in [5.41, 5.74) is 2.91. The lowest BCUT2D eigenvalue weighted by Crippen LogP contribution is -2.34. The monoisotopic (exact) mass is 461 g/mol. The summed E-state index contributed by atoms with van der Waals surface area (Å²) in [7, 11) is 3.50. The Hall–Kier alpha value is -4.11. The van der Waals surface area contributed by atoms with Crippen LogP contribution < -0.4 is 15.4 Å². The van der Waals surface area contributed by atoms with Crippen LogP contribution in [0.5, 0.6) is 5.75 Å². The summed E-state index contributed by atoms with van der Waals surface area (Å²) in [6.07, 6.45) is 4.62. The summed E-state index contributed by atoms with van der Waals surface area (Å²) in [5.74, 6) is 1.66. The number of ether oxygens (including phenoxy) is 1. The van der Waals surface area contributed by atoms with E-state index in [-0.39, 0.29) is 11.9 Å². The number of oxazole rings is 2. The van der Waals surface area contributed by atoms with Crippen LogP contribution in [0.4, 0.5) is 17.4 Å². The molecule has 2 N–H and O–H groups in total. The lowest BCUT2D eigenvalue weighted by molar-refractivity contribution is -0.117. The second-order valence-electron chi connectivity index (χ2n) is 8.04. The van der Waals surface area contributed by atoms with Gasteiger partial charge in [-0.3, -0.25) is 9.69 Å². The van der Waals surface area contributed by atoms with Crippen molar-refractivity contribution in [1.82, 2.24) is 14.9 Å². The van der Waals surface area contributed by atoms with Gasteiger partial charge in [-0.1, -0.05) is 12.1 Å². The zero-order valence-electron chi connectivity index (χ0n) is 19.5. The molecule has 2 aromatic heterocycles. The van der Waals surface area contributed by atoms with Gasteiger partial charge in [0.25, 0.3) is 6.01 Å². The van der Waals surface area contributed by atoms with Crippen LogP contribution in [0.2, 0.25) is 0 Å². The van der Waals surface area contributed by atoms with Crippen LogP contribution in [-0.2, 0) is 4.79 Å². The first-order valence-corrected chi connectivity index (χ1v) is 10.8. The number of para-hydroxylation sites is 1. The summed E-state index contributed by atoms with van der Waals surface area (Å²) >= 11 is 0. The van der Waals surface area contributed by atoms with E-state index in [0.717, 1.165) is 16.8 Å². The maximum atomic E-state index is 12.5. The highest BCUT2D eigenvalue weighted by atomic mass is 16.5. The number of carbonyl (C=O) groups excluding carboxylic acids is 1. The Morgan fingerprint density at radius 1 is 1.12 bits per heavy atom. The molecule has 0 aliphatic carbocycles. The van der Waals surface area contributed by atoms with Crippen LogP contribution in [0.15, 0.2) is 70.1 Å². The van der Waals surface area contributed by atoms with E-state index in [1.165, 1.54) is 6.39 Å². The van der Waals surface area contributed by atoms with Crippen molar-refractivity contribution < 1.29 is 18.4 Å². The fraction of sp³-hybridized carbons (Fsp3) is 0.240. The van der Waals surface area contributed by atoms with Gasteiger partial charge in [0.1, 0.15) is 5.75 Å². The summed E-state index contributed by atoms with van der Waals surface area (Å²) in [6.45, 7) is 4.38. The second-order valence-corrected chi connectivity index (χ2v) is 8.04. The van der Waals surface area contributed by atoms with Crippen molar-refractivity contribution in [3.63, 3.8) is 0 Å². The Bertz CT molecular complexity index is 1250. The maximum Gasteiger partial charge on any atom is 0.299 e. The molecule has 0 saturated heterocycles. The number of aromatic nitrogens is 2. The summed E-state index contributed by atoms with van der Waals surface area (Å²) < 4.78 is 16.8. The average Bonchev–Trinajstić information content (AvgIpc) is 3.52.